The van der Waals surface area contributed by atoms with Crippen LogP contribution in [0.1, 0.15) is 27.0 Å². The zero-order chi connectivity index (χ0) is 23.7. The molecule has 7 nitrogen and oxygen atoms in total. The number of benzene rings is 3. The second-order valence-electron chi connectivity index (χ2n) is 7.82. The molecule has 1 heterocycles. The zero-order valence-corrected chi connectivity index (χ0v) is 18.7. The van der Waals surface area contributed by atoms with Gasteiger partial charge in [0.25, 0.3) is 5.69 Å². The number of hydrogen-bond acceptors (Lipinski definition) is 6. The number of ether oxygens (including phenoxy) is 1. The predicted octanol–water partition coefficient (Wildman–Crippen LogP) is 6.30. The Balaban J connectivity index is 2.09. The van der Waals surface area contributed by atoms with E-state index in [0.717, 1.165) is 27.8 Å². The van der Waals surface area contributed by atoms with Crippen LogP contribution in [0.15, 0.2) is 65.2 Å². The normalized spacial score (nSPS) is 10.8. The third kappa shape index (κ3) is 3.89. The summed E-state index contributed by atoms with van der Waals surface area (Å²) in [7, 11) is 1.26. The van der Waals surface area contributed by atoms with Gasteiger partial charge < -0.3 is 9.26 Å². The van der Waals surface area contributed by atoms with Crippen molar-refractivity contribution in [3.63, 3.8) is 0 Å². The summed E-state index contributed by atoms with van der Waals surface area (Å²) in [5.41, 5.74) is 5.24. The molecule has 0 bridgehead atoms. The van der Waals surface area contributed by atoms with Crippen molar-refractivity contribution in [1.82, 2.24) is 5.16 Å². The lowest BCUT2D eigenvalue weighted by molar-refractivity contribution is -0.384. The standard InChI is InChI=1S/C26H22N2O5/c1-15-13-16(2)21(17(3)14-15)24-23(26(29)32-4)25(33-27-24)22-19(18-9-6-5-7-10-18)11-8-12-20(22)28(30)31/h5-14H,1-4H3. The lowest BCUT2D eigenvalue weighted by atomic mass is 9.91. The van der Waals surface area contributed by atoms with Crippen LogP contribution in [-0.2, 0) is 4.74 Å². The van der Waals surface area contributed by atoms with Crippen LogP contribution in [0.2, 0.25) is 0 Å². The molecule has 0 amide bonds. The van der Waals surface area contributed by atoms with Crippen LogP contribution in [0.4, 0.5) is 5.69 Å². The predicted molar refractivity (Wildman–Crippen MR) is 125 cm³/mol. The van der Waals surface area contributed by atoms with Crippen molar-refractivity contribution in [2.75, 3.05) is 7.11 Å². The van der Waals surface area contributed by atoms with E-state index in [1.165, 1.54) is 13.2 Å². The Bertz CT molecular complexity index is 1350. The van der Waals surface area contributed by atoms with Gasteiger partial charge in [0, 0.05) is 11.6 Å². The highest BCUT2D eigenvalue weighted by atomic mass is 16.6. The van der Waals surface area contributed by atoms with Crippen molar-refractivity contribution < 1.29 is 19.0 Å². The molecule has 0 atom stereocenters. The average Bonchev–Trinajstić information content (AvgIpc) is 3.22. The summed E-state index contributed by atoms with van der Waals surface area (Å²) in [6, 6.07) is 17.9. The van der Waals surface area contributed by atoms with Gasteiger partial charge in [-0.25, -0.2) is 4.79 Å². The lowest BCUT2D eigenvalue weighted by Crippen LogP contribution is -2.06. The van der Waals surface area contributed by atoms with Crippen LogP contribution >= 0.6 is 0 Å². The second-order valence-corrected chi connectivity index (χ2v) is 7.82. The molecule has 3 aromatic carbocycles. The van der Waals surface area contributed by atoms with Crippen LogP contribution in [-0.4, -0.2) is 23.2 Å². The summed E-state index contributed by atoms with van der Waals surface area (Å²) < 4.78 is 10.8. The highest BCUT2D eigenvalue weighted by Gasteiger charge is 2.33. The monoisotopic (exact) mass is 442 g/mol. The minimum Gasteiger partial charge on any atom is -0.465 e. The number of rotatable bonds is 5. The Morgan fingerprint density at radius 2 is 1.64 bits per heavy atom. The van der Waals surface area contributed by atoms with E-state index in [2.05, 4.69) is 5.16 Å². The summed E-state index contributed by atoms with van der Waals surface area (Å²) in [5, 5.41) is 16.2. The van der Waals surface area contributed by atoms with E-state index >= 15 is 0 Å². The second kappa shape index (κ2) is 8.70. The summed E-state index contributed by atoms with van der Waals surface area (Å²) in [6.07, 6.45) is 0. The van der Waals surface area contributed by atoms with Crippen molar-refractivity contribution in [2.24, 2.45) is 0 Å². The van der Waals surface area contributed by atoms with Gasteiger partial charge >= 0.3 is 5.97 Å². The van der Waals surface area contributed by atoms with Crippen molar-refractivity contribution in [1.29, 1.82) is 0 Å². The van der Waals surface area contributed by atoms with E-state index in [9.17, 15) is 14.9 Å². The van der Waals surface area contributed by atoms with Crippen LogP contribution in [0.25, 0.3) is 33.7 Å². The van der Waals surface area contributed by atoms with Crippen molar-refractivity contribution in [3.8, 4) is 33.7 Å². The molecule has 4 aromatic rings. The van der Waals surface area contributed by atoms with E-state index < -0.39 is 10.9 Å². The fraction of sp³-hybridized carbons (Fsp3) is 0.154. The Labute approximate surface area is 190 Å². The highest BCUT2D eigenvalue weighted by molar-refractivity contribution is 6.05. The van der Waals surface area contributed by atoms with Gasteiger partial charge in [0.15, 0.2) is 5.76 Å². The molecule has 0 unspecified atom stereocenters. The van der Waals surface area contributed by atoms with E-state index in [1.54, 1.807) is 12.1 Å². The number of nitro groups is 1. The smallest absolute Gasteiger partial charge is 0.344 e. The van der Waals surface area contributed by atoms with E-state index in [-0.39, 0.29) is 22.6 Å². The Hall–Kier alpha value is -4.26. The maximum Gasteiger partial charge on any atom is 0.344 e. The molecule has 0 aliphatic rings. The Kier molecular flexibility index (Phi) is 5.79. The number of esters is 1. The Morgan fingerprint density at radius 3 is 2.24 bits per heavy atom. The quantitative estimate of drug-likeness (QED) is 0.205. The molecule has 0 radical (unpaired) electrons. The average molecular weight is 442 g/mol. The fourth-order valence-corrected chi connectivity index (χ4v) is 4.27. The maximum absolute atomic E-state index is 13.0. The maximum atomic E-state index is 13.0. The molecule has 0 N–H and O–H groups in total. The van der Waals surface area contributed by atoms with Gasteiger partial charge in [0.2, 0.25) is 0 Å². The van der Waals surface area contributed by atoms with Gasteiger partial charge in [-0.3, -0.25) is 10.1 Å². The first kappa shape index (κ1) is 22.0. The topological polar surface area (TPSA) is 95.5 Å². The molecular formula is C26H22N2O5. The molecule has 0 spiro atoms. The molecule has 7 heteroatoms. The number of nitro benzene ring substituents is 1. The molecule has 0 saturated carbocycles. The molecule has 0 aliphatic carbocycles. The fourth-order valence-electron chi connectivity index (χ4n) is 4.27. The van der Waals surface area contributed by atoms with Gasteiger partial charge in [-0.2, -0.15) is 0 Å². The van der Waals surface area contributed by atoms with Crippen molar-refractivity contribution in [3.05, 3.63) is 93.0 Å². The number of hydrogen-bond donors (Lipinski definition) is 0. The number of aromatic nitrogens is 1. The molecule has 1 aromatic heterocycles. The first-order chi connectivity index (χ1) is 15.8. The Morgan fingerprint density at radius 1 is 0.970 bits per heavy atom. The summed E-state index contributed by atoms with van der Waals surface area (Å²) in [6.45, 7) is 5.83. The van der Waals surface area contributed by atoms with Gasteiger partial charge in [0.05, 0.1) is 12.0 Å². The number of nitrogens with zero attached hydrogens (tertiary/aromatic N) is 2. The van der Waals surface area contributed by atoms with Gasteiger partial charge in [0.1, 0.15) is 16.8 Å². The summed E-state index contributed by atoms with van der Waals surface area (Å²) in [4.78, 5) is 24.5. The summed E-state index contributed by atoms with van der Waals surface area (Å²) in [5.74, 6) is -0.680. The molecule has 33 heavy (non-hydrogen) atoms. The third-order valence-electron chi connectivity index (χ3n) is 5.55. The third-order valence-corrected chi connectivity index (χ3v) is 5.55. The number of methoxy groups -OCH3 is 1. The van der Waals surface area contributed by atoms with E-state index in [0.29, 0.717) is 11.3 Å². The first-order valence-corrected chi connectivity index (χ1v) is 10.3. The summed E-state index contributed by atoms with van der Waals surface area (Å²) >= 11 is 0. The van der Waals surface area contributed by atoms with Gasteiger partial charge in [-0.05, 0) is 43.0 Å². The first-order valence-electron chi connectivity index (χ1n) is 10.3. The van der Waals surface area contributed by atoms with Gasteiger partial charge in [-0.15, -0.1) is 0 Å². The van der Waals surface area contributed by atoms with Crippen molar-refractivity contribution >= 4 is 11.7 Å². The number of aryl methyl sites for hydroxylation is 3. The largest absolute Gasteiger partial charge is 0.465 e. The van der Waals surface area contributed by atoms with Gasteiger partial charge in [-0.1, -0.05) is 65.3 Å². The van der Waals surface area contributed by atoms with E-state index in [1.807, 2.05) is 63.2 Å². The molecule has 4 rings (SSSR count). The highest BCUT2D eigenvalue weighted by Crippen LogP contribution is 2.44. The number of carbonyl (C=O) groups is 1. The van der Waals surface area contributed by atoms with Crippen LogP contribution in [0.5, 0.6) is 0 Å². The number of carbonyl (C=O) groups excluding carboxylic acids is 1. The molecule has 0 saturated heterocycles. The SMILES string of the molecule is COC(=O)c1c(-c2c(C)cc(C)cc2C)noc1-c1c(-c2ccccc2)cccc1[N+](=O)[O-]. The van der Waals surface area contributed by atoms with Crippen molar-refractivity contribution in [2.45, 2.75) is 20.8 Å². The molecule has 0 fully saturated rings. The minimum atomic E-state index is -0.683. The lowest BCUT2D eigenvalue weighted by Gasteiger charge is -2.11. The molecule has 166 valence electrons. The van der Waals surface area contributed by atoms with Crippen LogP contribution < -0.4 is 0 Å². The molecular weight excluding hydrogens is 420 g/mol. The minimum absolute atomic E-state index is 0.00220. The van der Waals surface area contributed by atoms with Crippen LogP contribution in [0.3, 0.4) is 0 Å². The molecule has 0 aliphatic heterocycles. The van der Waals surface area contributed by atoms with Crippen LogP contribution in [0, 0.1) is 30.9 Å². The zero-order valence-electron chi connectivity index (χ0n) is 18.7. The van der Waals surface area contributed by atoms with E-state index in [4.69, 9.17) is 9.26 Å².